The third-order valence-electron chi connectivity index (χ3n) is 2.94. The molecule has 2 aromatic carbocycles. The van der Waals surface area contributed by atoms with E-state index in [4.69, 9.17) is 35.4 Å². The van der Waals surface area contributed by atoms with E-state index in [9.17, 15) is 4.39 Å². The lowest BCUT2D eigenvalue weighted by Gasteiger charge is -2.11. The zero-order valence-corrected chi connectivity index (χ0v) is 15.3. The molecule has 0 aliphatic rings. The number of anilines is 1. The predicted molar refractivity (Wildman–Crippen MR) is 103 cm³/mol. The molecule has 2 rings (SSSR count). The van der Waals surface area contributed by atoms with E-state index in [1.165, 1.54) is 6.07 Å². The van der Waals surface area contributed by atoms with Crippen LogP contribution in [0.2, 0.25) is 10.0 Å². The van der Waals surface area contributed by atoms with Crippen molar-refractivity contribution in [2.24, 2.45) is 0 Å². The van der Waals surface area contributed by atoms with E-state index in [0.717, 1.165) is 11.4 Å². The zero-order valence-electron chi connectivity index (χ0n) is 12.1. The Bertz CT molecular complexity index is 645. The van der Waals surface area contributed by atoms with Gasteiger partial charge in [-0.05, 0) is 48.6 Å². The Morgan fingerprint density at radius 1 is 1.13 bits per heavy atom. The summed E-state index contributed by atoms with van der Waals surface area (Å²) in [6.45, 7) is 0.677. The largest absolute Gasteiger partial charge is 0.362 e. The molecule has 2 aromatic rings. The van der Waals surface area contributed by atoms with E-state index in [-0.39, 0.29) is 5.82 Å². The lowest BCUT2D eigenvalue weighted by Crippen LogP contribution is -2.30. The molecule has 0 radical (unpaired) electrons. The van der Waals surface area contributed by atoms with Gasteiger partial charge in [-0.15, -0.1) is 0 Å². The van der Waals surface area contributed by atoms with Crippen LogP contribution in [0.1, 0.15) is 5.56 Å². The lowest BCUT2D eigenvalue weighted by atomic mass is 10.2. The monoisotopic (exact) mass is 388 g/mol. The third kappa shape index (κ3) is 6.18. The van der Waals surface area contributed by atoms with E-state index in [1.807, 2.05) is 12.1 Å². The number of thioether (sulfide) groups is 1. The minimum absolute atomic E-state index is 0.266. The first-order valence-corrected chi connectivity index (χ1v) is 9.19. The number of rotatable bonds is 6. The van der Waals surface area contributed by atoms with E-state index in [1.54, 1.807) is 36.0 Å². The SMILES string of the molecule is Fc1cccc(Cl)c1CSCCNC(=S)Nc1ccc(Cl)cc1. The van der Waals surface area contributed by atoms with Crippen molar-refractivity contribution >= 4 is 58.0 Å². The molecule has 122 valence electrons. The summed E-state index contributed by atoms with van der Waals surface area (Å²) < 4.78 is 13.6. The second kappa shape index (κ2) is 9.33. The van der Waals surface area contributed by atoms with Crippen LogP contribution in [0, 0.1) is 5.82 Å². The fraction of sp³-hybridized carbons (Fsp3) is 0.188. The summed E-state index contributed by atoms with van der Waals surface area (Å²) in [7, 11) is 0. The maximum Gasteiger partial charge on any atom is 0.170 e. The molecular weight excluding hydrogens is 374 g/mol. The quantitative estimate of drug-likeness (QED) is 0.514. The Labute approximate surface area is 154 Å². The summed E-state index contributed by atoms with van der Waals surface area (Å²) in [5, 5.41) is 7.85. The average molecular weight is 389 g/mol. The van der Waals surface area contributed by atoms with Gasteiger partial charge in [0.05, 0.1) is 0 Å². The number of hydrogen-bond donors (Lipinski definition) is 2. The molecule has 0 unspecified atom stereocenters. The Morgan fingerprint density at radius 3 is 2.57 bits per heavy atom. The average Bonchev–Trinajstić information content (AvgIpc) is 2.52. The standard InChI is InChI=1S/C16H15Cl2FN2S2/c17-11-4-6-12(7-5-11)21-16(22)20-8-9-23-10-13-14(18)2-1-3-15(13)19/h1-7H,8-10H2,(H2,20,21,22). The molecule has 2 nitrogen and oxygen atoms in total. The van der Waals surface area contributed by atoms with Gasteiger partial charge < -0.3 is 10.6 Å². The van der Waals surface area contributed by atoms with Gasteiger partial charge in [0.2, 0.25) is 0 Å². The predicted octanol–water partition coefficient (Wildman–Crippen LogP) is 5.35. The highest BCUT2D eigenvalue weighted by molar-refractivity contribution is 7.98. The second-order valence-corrected chi connectivity index (χ2v) is 7.00. The van der Waals surface area contributed by atoms with Crippen molar-refractivity contribution in [2.75, 3.05) is 17.6 Å². The molecule has 0 aromatic heterocycles. The number of hydrogen-bond acceptors (Lipinski definition) is 2. The van der Waals surface area contributed by atoms with Crippen LogP contribution in [0.5, 0.6) is 0 Å². The van der Waals surface area contributed by atoms with Crippen molar-refractivity contribution < 1.29 is 4.39 Å². The molecule has 2 N–H and O–H groups in total. The molecule has 23 heavy (non-hydrogen) atoms. The highest BCUT2D eigenvalue weighted by atomic mass is 35.5. The van der Waals surface area contributed by atoms with Gasteiger partial charge in [-0.25, -0.2) is 4.39 Å². The van der Waals surface area contributed by atoms with E-state index in [0.29, 0.717) is 33.0 Å². The number of nitrogens with one attached hydrogen (secondary N) is 2. The first-order valence-electron chi connectivity index (χ1n) is 6.87. The molecule has 0 aliphatic carbocycles. The van der Waals surface area contributed by atoms with Crippen molar-refractivity contribution in [2.45, 2.75) is 5.75 Å². The van der Waals surface area contributed by atoms with E-state index < -0.39 is 0 Å². The maximum atomic E-state index is 13.6. The molecule has 0 saturated carbocycles. The fourth-order valence-corrected chi connectivity index (χ4v) is 3.33. The minimum atomic E-state index is -0.266. The lowest BCUT2D eigenvalue weighted by molar-refractivity contribution is 0.617. The number of halogens is 3. The molecule has 7 heteroatoms. The van der Waals surface area contributed by atoms with Gasteiger partial charge in [0.25, 0.3) is 0 Å². The zero-order chi connectivity index (χ0) is 16.7. The summed E-state index contributed by atoms with van der Waals surface area (Å²) in [5.41, 5.74) is 1.42. The Balaban J connectivity index is 1.67. The second-order valence-electron chi connectivity index (χ2n) is 4.64. The van der Waals surface area contributed by atoms with Crippen LogP contribution in [0.25, 0.3) is 0 Å². The van der Waals surface area contributed by atoms with Gasteiger partial charge in [-0.3, -0.25) is 0 Å². The van der Waals surface area contributed by atoms with Crippen LogP contribution >= 0.6 is 47.2 Å². The van der Waals surface area contributed by atoms with E-state index in [2.05, 4.69) is 10.6 Å². The summed E-state index contributed by atoms with van der Waals surface area (Å²) in [5.74, 6) is 1.05. The highest BCUT2D eigenvalue weighted by Gasteiger charge is 2.06. The van der Waals surface area contributed by atoms with Gasteiger partial charge in [0, 0.05) is 39.3 Å². The van der Waals surface area contributed by atoms with Crippen molar-refractivity contribution in [3.05, 3.63) is 63.9 Å². The van der Waals surface area contributed by atoms with Crippen LogP contribution in [0.3, 0.4) is 0 Å². The molecule has 0 fully saturated rings. The summed E-state index contributed by atoms with van der Waals surface area (Å²) in [6, 6.07) is 12.0. The van der Waals surface area contributed by atoms with Gasteiger partial charge >= 0.3 is 0 Å². The van der Waals surface area contributed by atoms with Crippen molar-refractivity contribution in [1.29, 1.82) is 0 Å². The topological polar surface area (TPSA) is 24.1 Å². The summed E-state index contributed by atoms with van der Waals surface area (Å²) in [4.78, 5) is 0. The van der Waals surface area contributed by atoms with Crippen molar-refractivity contribution in [1.82, 2.24) is 5.32 Å². The molecule has 0 amide bonds. The summed E-state index contributed by atoms with van der Waals surface area (Å²) in [6.07, 6.45) is 0. The highest BCUT2D eigenvalue weighted by Crippen LogP contribution is 2.23. The molecule has 0 heterocycles. The van der Waals surface area contributed by atoms with Gasteiger partial charge in [0.1, 0.15) is 5.82 Å². The fourth-order valence-electron chi connectivity index (χ4n) is 1.79. The molecule has 0 spiro atoms. The van der Waals surface area contributed by atoms with Crippen molar-refractivity contribution in [3.8, 4) is 0 Å². The van der Waals surface area contributed by atoms with Crippen LogP contribution in [-0.4, -0.2) is 17.4 Å². The maximum absolute atomic E-state index is 13.6. The van der Waals surface area contributed by atoms with Gasteiger partial charge in [-0.1, -0.05) is 29.3 Å². The van der Waals surface area contributed by atoms with Gasteiger partial charge in [0.15, 0.2) is 5.11 Å². The minimum Gasteiger partial charge on any atom is -0.362 e. The van der Waals surface area contributed by atoms with Crippen LogP contribution in [-0.2, 0) is 5.75 Å². The smallest absolute Gasteiger partial charge is 0.170 e. The first kappa shape index (κ1) is 18.3. The normalized spacial score (nSPS) is 10.4. The van der Waals surface area contributed by atoms with Crippen LogP contribution in [0.4, 0.5) is 10.1 Å². The third-order valence-corrected chi connectivity index (χ3v) is 4.78. The Hall–Kier alpha value is -1.01. The number of thiocarbonyl (C=S) groups is 1. The Kier molecular flexibility index (Phi) is 7.43. The number of benzene rings is 2. The Morgan fingerprint density at radius 2 is 1.87 bits per heavy atom. The van der Waals surface area contributed by atoms with Crippen LogP contribution in [0.15, 0.2) is 42.5 Å². The van der Waals surface area contributed by atoms with Crippen LogP contribution < -0.4 is 10.6 Å². The van der Waals surface area contributed by atoms with Crippen molar-refractivity contribution in [3.63, 3.8) is 0 Å². The molecular formula is C16H15Cl2FN2S2. The molecule has 0 aliphatic heterocycles. The molecule has 0 bridgehead atoms. The molecule has 0 saturated heterocycles. The summed E-state index contributed by atoms with van der Waals surface area (Å²) >= 11 is 18.6. The molecule has 0 atom stereocenters. The van der Waals surface area contributed by atoms with E-state index >= 15 is 0 Å². The first-order chi connectivity index (χ1) is 11.1. The van der Waals surface area contributed by atoms with Gasteiger partial charge in [-0.2, -0.15) is 11.8 Å².